The maximum Gasteiger partial charge on any atom is 0.251 e. The lowest BCUT2D eigenvalue weighted by Gasteiger charge is -2.29. The van der Waals surface area contributed by atoms with Gasteiger partial charge in [-0.2, -0.15) is 0 Å². The Morgan fingerprint density at radius 2 is 1.95 bits per heavy atom. The van der Waals surface area contributed by atoms with Crippen LogP contribution in [0.15, 0.2) is 24.3 Å². The molecule has 1 aromatic carbocycles. The molecule has 1 aromatic rings. The Labute approximate surface area is 127 Å². The fourth-order valence-corrected chi connectivity index (χ4v) is 2.48. The van der Waals surface area contributed by atoms with E-state index < -0.39 is 0 Å². The van der Waals surface area contributed by atoms with Crippen LogP contribution in [0.2, 0.25) is 0 Å². The molecule has 0 bridgehead atoms. The summed E-state index contributed by atoms with van der Waals surface area (Å²) in [5.74, 6) is 0.531. The molecular weight excluding hydrogens is 272 g/mol. The van der Waals surface area contributed by atoms with Crippen molar-refractivity contribution >= 4 is 18.3 Å². The van der Waals surface area contributed by atoms with Gasteiger partial charge in [0.15, 0.2) is 0 Å². The van der Waals surface area contributed by atoms with Crippen molar-refractivity contribution in [2.75, 3.05) is 6.54 Å². The molecule has 20 heavy (non-hydrogen) atoms. The van der Waals surface area contributed by atoms with Crippen LogP contribution in [0, 0.1) is 5.92 Å². The number of benzene rings is 1. The minimum Gasteiger partial charge on any atom is -0.345 e. The summed E-state index contributed by atoms with van der Waals surface area (Å²) < 4.78 is 0. The van der Waals surface area contributed by atoms with Gasteiger partial charge < -0.3 is 11.1 Å². The fourth-order valence-electron chi connectivity index (χ4n) is 2.48. The second-order valence-electron chi connectivity index (χ2n) is 5.80. The van der Waals surface area contributed by atoms with E-state index in [4.69, 9.17) is 5.73 Å². The van der Waals surface area contributed by atoms with E-state index in [1.807, 2.05) is 31.2 Å². The molecule has 0 radical (unpaired) electrons. The molecule has 3 N–H and O–H groups in total. The SMILES string of the molecule is CCCc1ccc(C(=O)NC(C)(CN)C2CC2)cc1.Cl. The van der Waals surface area contributed by atoms with E-state index in [1.165, 1.54) is 18.4 Å². The Morgan fingerprint density at radius 1 is 1.35 bits per heavy atom. The van der Waals surface area contributed by atoms with Crippen molar-refractivity contribution in [2.45, 2.75) is 45.1 Å². The lowest BCUT2D eigenvalue weighted by atomic mass is 9.95. The minimum absolute atomic E-state index is 0. The topological polar surface area (TPSA) is 55.1 Å². The molecule has 1 fully saturated rings. The van der Waals surface area contributed by atoms with E-state index >= 15 is 0 Å². The first kappa shape index (κ1) is 17.0. The number of carbonyl (C=O) groups is 1. The van der Waals surface area contributed by atoms with Crippen molar-refractivity contribution in [1.29, 1.82) is 0 Å². The predicted octanol–water partition coefficient (Wildman–Crippen LogP) is 2.92. The summed E-state index contributed by atoms with van der Waals surface area (Å²) in [6.45, 7) is 4.70. The number of halogens is 1. The monoisotopic (exact) mass is 296 g/mol. The van der Waals surface area contributed by atoms with Gasteiger partial charge in [0.25, 0.3) is 5.91 Å². The van der Waals surface area contributed by atoms with Crippen LogP contribution in [-0.4, -0.2) is 18.0 Å². The van der Waals surface area contributed by atoms with Crippen LogP contribution in [0.5, 0.6) is 0 Å². The Morgan fingerprint density at radius 3 is 2.40 bits per heavy atom. The summed E-state index contributed by atoms with van der Waals surface area (Å²) in [6.07, 6.45) is 4.52. The molecule has 3 nitrogen and oxygen atoms in total. The highest BCUT2D eigenvalue weighted by Crippen LogP contribution is 2.39. The quantitative estimate of drug-likeness (QED) is 0.848. The van der Waals surface area contributed by atoms with Crippen molar-refractivity contribution in [2.24, 2.45) is 11.7 Å². The van der Waals surface area contributed by atoms with E-state index in [2.05, 4.69) is 12.2 Å². The number of rotatable bonds is 6. The molecule has 1 unspecified atom stereocenters. The highest BCUT2D eigenvalue weighted by molar-refractivity contribution is 5.94. The van der Waals surface area contributed by atoms with Crippen LogP contribution in [0.4, 0.5) is 0 Å². The molecule has 112 valence electrons. The predicted molar refractivity (Wildman–Crippen MR) is 85.3 cm³/mol. The molecular formula is C16H25ClN2O. The number of carbonyl (C=O) groups excluding carboxylic acids is 1. The van der Waals surface area contributed by atoms with E-state index in [9.17, 15) is 4.79 Å². The van der Waals surface area contributed by atoms with Gasteiger partial charge in [0, 0.05) is 12.1 Å². The lowest BCUT2D eigenvalue weighted by molar-refractivity contribution is 0.0898. The molecule has 2 rings (SSSR count). The van der Waals surface area contributed by atoms with Crippen molar-refractivity contribution in [1.82, 2.24) is 5.32 Å². The second-order valence-corrected chi connectivity index (χ2v) is 5.80. The molecule has 0 saturated heterocycles. The van der Waals surface area contributed by atoms with Crippen molar-refractivity contribution in [3.05, 3.63) is 35.4 Å². The zero-order valence-electron chi connectivity index (χ0n) is 12.3. The van der Waals surface area contributed by atoms with Crippen LogP contribution in [0.3, 0.4) is 0 Å². The van der Waals surface area contributed by atoms with Gasteiger partial charge >= 0.3 is 0 Å². The third kappa shape index (κ3) is 3.97. The van der Waals surface area contributed by atoms with Gasteiger partial charge in [0.2, 0.25) is 0 Å². The van der Waals surface area contributed by atoms with Gasteiger partial charge in [-0.1, -0.05) is 25.5 Å². The summed E-state index contributed by atoms with van der Waals surface area (Å²) in [7, 11) is 0. The summed E-state index contributed by atoms with van der Waals surface area (Å²) in [4.78, 5) is 12.3. The summed E-state index contributed by atoms with van der Waals surface area (Å²) in [5.41, 5.74) is 7.58. The molecule has 0 spiro atoms. The molecule has 1 amide bonds. The Bertz CT molecular complexity index is 442. The van der Waals surface area contributed by atoms with E-state index in [-0.39, 0.29) is 23.9 Å². The first-order valence-electron chi connectivity index (χ1n) is 7.20. The molecule has 0 aromatic heterocycles. The lowest BCUT2D eigenvalue weighted by Crippen LogP contribution is -2.53. The molecule has 1 aliphatic carbocycles. The maximum atomic E-state index is 12.3. The molecule has 0 heterocycles. The minimum atomic E-state index is -0.251. The maximum absolute atomic E-state index is 12.3. The van der Waals surface area contributed by atoms with Crippen LogP contribution in [-0.2, 0) is 6.42 Å². The fraction of sp³-hybridized carbons (Fsp3) is 0.562. The van der Waals surface area contributed by atoms with Gasteiger partial charge in [0.05, 0.1) is 5.54 Å². The molecule has 1 saturated carbocycles. The summed E-state index contributed by atoms with van der Waals surface area (Å²) in [6, 6.07) is 7.89. The normalized spacial score (nSPS) is 16.9. The van der Waals surface area contributed by atoms with E-state index in [1.54, 1.807) is 0 Å². The largest absolute Gasteiger partial charge is 0.345 e. The number of hydrogen-bond donors (Lipinski definition) is 2. The van der Waals surface area contributed by atoms with E-state index in [0.29, 0.717) is 12.5 Å². The smallest absolute Gasteiger partial charge is 0.251 e. The van der Waals surface area contributed by atoms with Gasteiger partial charge in [0.1, 0.15) is 0 Å². The van der Waals surface area contributed by atoms with Gasteiger partial charge in [-0.3, -0.25) is 4.79 Å². The van der Waals surface area contributed by atoms with Gasteiger partial charge in [-0.15, -0.1) is 12.4 Å². The standard InChI is InChI=1S/C16H24N2O.ClH/c1-3-4-12-5-7-13(8-6-12)15(19)18-16(2,11-17)14-9-10-14;/h5-8,14H,3-4,9-11,17H2,1-2H3,(H,18,19);1H. The number of nitrogens with one attached hydrogen (secondary N) is 1. The van der Waals surface area contributed by atoms with Crippen LogP contribution < -0.4 is 11.1 Å². The van der Waals surface area contributed by atoms with Crippen LogP contribution >= 0.6 is 12.4 Å². The number of hydrogen-bond acceptors (Lipinski definition) is 2. The summed E-state index contributed by atoms with van der Waals surface area (Å²) in [5, 5.41) is 3.11. The van der Waals surface area contributed by atoms with Gasteiger partial charge in [-0.25, -0.2) is 0 Å². The zero-order chi connectivity index (χ0) is 13.9. The number of amides is 1. The average Bonchev–Trinajstić information content (AvgIpc) is 3.24. The Kier molecular flexibility index (Phi) is 6.03. The first-order valence-corrected chi connectivity index (χ1v) is 7.20. The van der Waals surface area contributed by atoms with Crippen molar-refractivity contribution in [3.63, 3.8) is 0 Å². The van der Waals surface area contributed by atoms with Crippen LogP contribution in [0.1, 0.15) is 49.0 Å². The number of aryl methyl sites for hydroxylation is 1. The van der Waals surface area contributed by atoms with Gasteiger partial charge in [-0.05, 0) is 49.8 Å². The average molecular weight is 297 g/mol. The molecule has 1 atom stereocenters. The highest BCUT2D eigenvalue weighted by atomic mass is 35.5. The molecule has 1 aliphatic rings. The van der Waals surface area contributed by atoms with Crippen molar-refractivity contribution in [3.8, 4) is 0 Å². The first-order chi connectivity index (χ1) is 9.09. The third-order valence-corrected chi connectivity index (χ3v) is 4.06. The van der Waals surface area contributed by atoms with Crippen molar-refractivity contribution < 1.29 is 4.79 Å². The molecule has 4 heteroatoms. The third-order valence-electron chi connectivity index (χ3n) is 4.06. The molecule has 0 aliphatic heterocycles. The Hall–Kier alpha value is -1.06. The van der Waals surface area contributed by atoms with E-state index in [0.717, 1.165) is 18.4 Å². The summed E-state index contributed by atoms with van der Waals surface area (Å²) >= 11 is 0. The number of nitrogens with two attached hydrogens (primary N) is 1. The second kappa shape index (κ2) is 7.09. The van der Waals surface area contributed by atoms with Crippen LogP contribution in [0.25, 0.3) is 0 Å². The zero-order valence-corrected chi connectivity index (χ0v) is 13.1. The highest BCUT2D eigenvalue weighted by Gasteiger charge is 2.41. The Balaban J connectivity index is 0.00000200.